The average Bonchev–Trinajstić information content (AvgIpc) is 2.64. The zero-order valence-corrected chi connectivity index (χ0v) is 10.8. The van der Waals surface area contributed by atoms with Gasteiger partial charge in [0.2, 0.25) is 0 Å². The van der Waals surface area contributed by atoms with Gasteiger partial charge in [-0.25, -0.2) is 0 Å². The van der Waals surface area contributed by atoms with Crippen LogP contribution in [0.3, 0.4) is 0 Å². The van der Waals surface area contributed by atoms with E-state index < -0.39 is 5.54 Å². The Balaban J connectivity index is 2.11. The number of nitrogens with two attached hydrogens (primary N) is 1. The molecule has 3 N–H and O–H groups in total. The van der Waals surface area contributed by atoms with Crippen molar-refractivity contribution in [1.82, 2.24) is 0 Å². The van der Waals surface area contributed by atoms with Crippen molar-refractivity contribution in [3.8, 4) is 0 Å². The number of hydrogen-bond acceptors (Lipinski definition) is 4. The summed E-state index contributed by atoms with van der Waals surface area (Å²) in [6.45, 7) is 3.92. The van der Waals surface area contributed by atoms with Gasteiger partial charge in [-0.3, -0.25) is 0 Å². The van der Waals surface area contributed by atoms with Crippen molar-refractivity contribution in [3.05, 3.63) is 18.1 Å². The van der Waals surface area contributed by atoms with E-state index >= 15 is 0 Å². The van der Waals surface area contributed by atoms with Crippen molar-refractivity contribution < 1.29 is 9.52 Å². The highest BCUT2D eigenvalue weighted by Crippen LogP contribution is 2.24. The Morgan fingerprint density at radius 3 is 2.81 bits per heavy atom. The molecule has 0 radical (unpaired) electrons. The maximum absolute atomic E-state index is 8.99. The first-order valence-corrected chi connectivity index (χ1v) is 6.60. The number of unbranched alkanes of at least 4 members (excludes halogenated alkanes) is 1. The van der Waals surface area contributed by atoms with Gasteiger partial charge in [-0.2, -0.15) is 0 Å². The maximum Gasteiger partial charge on any atom is 0.114 e. The standard InChI is InChI=1S/C12H21NO2S/c1-10-11(5-7-15-10)16-8-4-3-6-12(2,13)9-14/h5,7,14H,3-4,6,8-9,13H2,1-2H3. The quantitative estimate of drug-likeness (QED) is 0.571. The Kier molecular flexibility index (Phi) is 5.38. The Hall–Kier alpha value is -0.450. The van der Waals surface area contributed by atoms with Crippen LogP contribution in [0, 0.1) is 6.92 Å². The van der Waals surface area contributed by atoms with Crippen LogP contribution in [-0.4, -0.2) is 23.0 Å². The van der Waals surface area contributed by atoms with Crippen LogP contribution in [0.2, 0.25) is 0 Å². The third-order valence-electron chi connectivity index (χ3n) is 2.57. The largest absolute Gasteiger partial charge is 0.468 e. The molecule has 0 aromatic carbocycles. The topological polar surface area (TPSA) is 59.4 Å². The molecule has 92 valence electrons. The van der Waals surface area contributed by atoms with Crippen LogP contribution in [0.4, 0.5) is 0 Å². The minimum Gasteiger partial charge on any atom is -0.468 e. The first kappa shape index (κ1) is 13.6. The molecule has 1 heterocycles. The number of aryl methyl sites for hydroxylation is 1. The Morgan fingerprint density at radius 1 is 1.50 bits per heavy atom. The molecule has 1 atom stereocenters. The van der Waals surface area contributed by atoms with Crippen LogP contribution >= 0.6 is 11.8 Å². The van der Waals surface area contributed by atoms with E-state index in [1.807, 2.05) is 31.7 Å². The highest BCUT2D eigenvalue weighted by atomic mass is 32.2. The normalized spacial score (nSPS) is 15.0. The van der Waals surface area contributed by atoms with E-state index in [9.17, 15) is 0 Å². The van der Waals surface area contributed by atoms with Gasteiger partial charge in [-0.15, -0.1) is 11.8 Å². The third-order valence-corrected chi connectivity index (χ3v) is 3.80. The van der Waals surface area contributed by atoms with Crippen molar-refractivity contribution in [2.75, 3.05) is 12.4 Å². The van der Waals surface area contributed by atoms with Gasteiger partial charge in [0, 0.05) is 10.4 Å². The molecular weight excluding hydrogens is 222 g/mol. The molecule has 0 saturated carbocycles. The SMILES string of the molecule is Cc1occc1SCCCCC(C)(N)CO. The highest BCUT2D eigenvalue weighted by Gasteiger charge is 2.15. The number of aliphatic hydroxyl groups excluding tert-OH is 1. The van der Waals surface area contributed by atoms with E-state index in [-0.39, 0.29) is 6.61 Å². The zero-order chi connectivity index (χ0) is 12.0. The molecular formula is C12H21NO2S. The predicted molar refractivity (Wildman–Crippen MR) is 67.7 cm³/mol. The van der Waals surface area contributed by atoms with E-state index in [1.165, 1.54) is 4.90 Å². The summed E-state index contributed by atoms with van der Waals surface area (Å²) in [6, 6.07) is 2.00. The molecule has 0 fully saturated rings. The number of thioether (sulfide) groups is 1. The summed E-state index contributed by atoms with van der Waals surface area (Å²) in [4.78, 5) is 1.22. The number of rotatable bonds is 7. The third kappa shape index (κ3) is 4.60. The van der Waals surface area contributed by atoms with E-state index in [2.05, 4.69) is 0 Å². The van der Waals surface area contributed by atoms with Gasteiger partial charge in [-0.1, -0.05) is 6.42 Å². The number of aliphatic hydroxyl groups is 1. The van der Waals surface area contributed by atoms with Crippen molar-refractivity contribution in [1.29, 1.82) is 0 Å². The maximum atomic E-state index is 8.99. The second-order valence-corrected chi connectivity index (χ2v) is 5.60. The van der Waals surface area contributed by atoms with Gasteiger partial charge in [0.25, 0.3) is 0 Å². The smallest absolute Gasteiger partial charge is 0.114 e. The summed E-state index contributed by atoms with van der Waals surface area (Å²) >= 11 is 1.81. The Labute approximate surface area is 101 Å². The van der Waals surface area contributed by atoms with E-state index in [1.54, 1.807) is 6.26 Å². The fourth-order valence-corrected chi connectivity index (χ4v) is 2.39. The summed E-state index contributed by atoms with van der Waals surface area (Å²) in [5.41, 5.74) is 5.42. The van der Waals surface area contributed by atoms with Gasteiger partial charge >= 0.3 is 0 Å². The van der Waals surface area contributed by atoms with E-state index in [0.29, 0.717) is 0 Å². The first-order chi connectivity index (χ1) is 7.55. The number of hydrogen-bond donors (Lipinski definition) is 2. The van der Waals surface area contributed by atoms with Gasteiger partial charge < -0.3 is 15.3 Å². The molecule has 1 rings (SSSR count). The molecule has 3 nitrogen and oxygen atoms in total. The minimum absolute atomic E-state index is 0.0565. The lowest BCUT2D eigenvalue weighted by Gasteiger charge is -2.21. The van der Waals surface area contributed by atoms with Gasteiger partial charge in [-0.05, 0) is 38.5 Å². The van der Waals surface area contributed by atoms with Crippen LogP contribution in [0.25, 0.3) is 0 Å². The van der Waals surface area contributed by atoms with Crippen molar-refractivity contribution >= 4 is 11.8 Å². The minimum atomic E-state index is -0.420. The second kappa shape index (κ2) is 6.33. The summed E-state index contributed by atoms with van der Waals surface area (Å²) in [5, 5.41) is 8.99. The highest BCUT2D eigenvalue weighted by molar-refractivity contribution is 7.99. The molecule has 0 aliphatic rings. The molecule has 0 aliphatic heterocycles. The fourth-order valence-electron chi connectivity index (χ4n) is 1.42. The fraction of sp³-hybridized carbons (Fsp3) is 0.667. The van der Waals surface area contributed by atoms with Gasteiger partial charge in [0.05, 0.1) is 12.9 Å². The average molecular weight is 243 g/mol. The van der Waals surface area contributed by atoms with Crippen LogP contribution in [0.15, 0.2) is 21.6 Å². The summed E-state index contributed by atoms with van der Waals surface area (Å²) in [6.07, 6.45) is 4.76. The van der Waals surface area contributed by atoms with E-state index in [0.717, 1.165) is 30.8 Å². The molecule has 0 saturated heterocycles. The molecule has 0 spiro atoms. The summed E-state index contributed by atoms with van der Waals surface area (Å²) in [5.74, 6) is 2.06. The lowest BCUT2D eigenvalue weighted by atomic mass is 9.98. The first-order valence-electron chi connectivity index (χ1n) is 5.62. The Bertz CT molecular complexity index is 310. The number of furan rings is 1. The molecule has 0 bridgehead atoms. The lowest BCUT2D eigenvalue weighted by molar-refractivity contribution is 0.198. The molecule has 1 aromatic rings. The summed E-state index contributed by atoms with van der Waals surface area (Å²) < 4.78 is 5.22. The van der Waals surface area contributed by atoms with Gasteiger partial charge in [0.1, 0.15) is 5.76 Å². The predicted octanol–water partition coefficient (Wildman–Crippen LogP) is 2.56. The molecule has 0 aliphatic carbocycles. The van der Waals surface area contributed by atoms with Crippen molar-refractivity contribution in [3.63, 3.8) is 0 Å². The Morgan fingerprint density at radius 2 is 2.25 bits per heavy atom. The van der Waals surface area contributed by atoms with Crippen molar-refractivity contribution in [2.45, 2.75) is 43.5 Å². The summed E-state index contributed by atoms with van der Waals surface area (Å²) in [7, 11) is 0. The molecule has 16 heavy (non-hydrogen) atoms. The van der Waals surface area contributed by atoms with E-state index in [4.69, 9.17) is 15.3 Å². The molecule has 1 unspecified atom stereocenters. The zero-order valence-electron chi connectivity index (χ0n) is 10.0. The second-order valence-electron chi connectivity index (χ2n) is 4.46. The van der Waals surface area contributed by atoms with Crippen LogP contribution in [0.1, 0.15) is 31.9 Å². The van der Waals surface area contributed by atoms with Crippen LogP contribution in [0.5, 0.6) is 0 Å². The van der Waals surface area contributed by atoms with Crippen LogP contribution in [-0.2, 0) is 0 Å². The molecule has 1 aromatic heterocycles. The lowest BCUT2D eigenvalue weighted by Crippen LogP contribution is -2.39. The molecule has 4 heteroatoms. The van der Waals surface area contributed by atoms with Crippen LogP contribution < -0.4 is 5.73 Å². The van der Waals surface area contributed by atoms with Gasteiger partial charge in [0.15, 0.2) is 0 Å². The van der Waals surface area contributed by atoms with Crippen molar-refractivity contribution in [2.24, 2.45) is 5.73 Å². The molecule has 0 amide bonds. The monoisotopic (exact) mass is 243 g/mol.